The van der Waals surface area contributed by atoms with Crippen LogP contribution in [0.5, 0.6) is 0 Å². The van der Waals surface area contributed by atoms with E-state index in [4.69, 9.17) is 0 Å². The molecule has 116 valence electrons. The van der Waals surface area contributed by atoms with Crippen LogP contribution >= 0.6 is 11.8 Å². The van der Waals surface area contributed by atoms with Crippen LogP contribution in [0.25, 0.3) is 0 Å². The third-order valence-electron chi connectivity index (χ3n) is 4.16. The molecule has 0 bridgehead atoms. The number of hydrogen-bond acceptors (Lipinski definition) is 3. The van der Waals surface area contributed by atoms with Gasteiger partial charge in [-0.2, -0.15) is 0 Å². The number of carbonyl (C=O) groups excluding carboxylic acids is 2. The third kappa shape index (κ3) is 1.84. The maximum absolute atomic E-state index is 13.2. The number of rotatable bonds is 1. The number of fused-ring (bicyclic) bond motifs is 2. The van der Waals surface area contributed by atoms with Crippen LogP contribution in [0, 0.1) is 5.82 Å². The summed E-state index contributed by atoms with van der Waals surface area (Å²) in [6.07, 6.45) is 0. The SMILES string of the molecule is C[C@H]1S[C@]2(C(=O)Nc3ccccc32)N(c2ccc(F)cc2)C1=O. The Morgan fingerprint density at radius 2 is 1.83 bits per heavy atom. The zero-order valence-electron chi connectivity index (χ0n) is 12.2. The highest BCUT2D eigenvalue weighted by atomic mass is 32.2. The predicted molar refractivity (Wildman–Crippen MR) is 87.7 cm³/mol. The summed E-state index contributed by atoms with van der Waals surface area (Å²) in [6, 6.07) is 13.0. The Labute approximate surface area is 136 Å². The van der Waals surface area contributed by atoms with Gasteiger partial charge in [-0.1, -0.05) is 18.2 Å². The van der Waals surface area contributed by atoms with Gasteiger partial charge in [0, 0.05) is 16.9 Å². The first-order chi connectivity index (χ1) is 11.0. The van der Waals surface area contributed by atoms with Crippen molar-refractivity contribution in [3.8, 4) is 0 Å². The first kappa shape index (κ1) is 14.3. The van der Waals surface area contributed by atoms with Gasteiger partial charge in [-0.15, -0.1) is 11.8 Å². The van der Waals surface area contributed by atoms with Gasteiger partial charge in [-0.05, 0) is 37.3 Å². The van der Waals surface area contributed by atoms with E-state index in [0.717, 1.165) is 5.56 Å². The zero-order chi connectivity index (χ0) is 16.2. The third-order valence-corrected chi connectivity index (χ3v) is 5.65. The quantitative estimate of drug-likeness (QED) is 0.875. The highest BCUT2D eigenvalue weighted by Crippen LogP contribution is 2.55. The Kier molecular flexibility index (Phi) is 2.99. The summed E-state index contributed by atoms with van der Waals surface area (Å²) < 4.78 is 13.2. The second-order valence-electron chi connectivity index (χ2n) is 5.55. The van der Waals surface area contributed by atoms with Crippen molar-refractivity contribution in [1.82, 2.24) is 0 Å². The van der Waals surface area contributed by atoms with Gasteiger partial charge >= 0.3 is 0 Å². The number of amides is 2. The van der Waals surface area contributed by atoms with Crippen LogP contribution in [0.15, 0.2) is 48.5 Å². The lowest BCUT2D eigenvalue weighted by Gasteiger charge is -2.32. The molecule has 0 unspecified atom stereocenters. The molecule has 2 aromatic rings. The van der Waals surface area contributed by atoms with E-state index in [1.54, 1.807) is 6.92 Å². The van der Waals surface area contributed by atoms with Gasteiger partial charge in [0.1, 0.15) is 5.82 Å². The molecule has 2 heterocycles. The summed E-state index contributed by atoms with van der Waals surface area (Å²) in [5, 5.41) is 2.49. The summed E-state index contributed by atoms with van der Waals surface area (Å²) in [5.41, 5.74) is 1.98. The minimum absolute atomic E-state index is 0.159. The van der Waals surface area contributed by atoms with E-state index in [9.17, 15) is 14.0 Å². The lowest BCUT2D eigenvalue weighted by Crippen LogP contribution is -2.47. The molecule has 1 fully saturated rings. The molecule has 0 saturated carbocycles. The molecule has 1 saturated heterocycles. The van der Waals surface area contributed by atoms with E-state index in [-0.39, 0.29) is 22.9 Å². The van der Waals surface area contributed by atoms with Crippen molar-refractivity contribution >= 4 is 35.0 Å². The predicted octanol–water partition coefficient (Wildman–Crippen LogP) is 3.10. The number of para-hydroxylation sites is 1. The maximum atomic E-state index is 13.2. The first-order valence-corrected chi connectivity index (χ1v) is 8.10. The largest absolute Gasteiger partial charge is 0.323 e. The van der Waals surface area contributed by atoms with Crippen molar-refractivity contribution in [2.45, 2.75) is 17.0 Å². The second kappa shape index (κ2) is 4.83. The van der Waals surface area contributed by atoms with E-state index in [0.29, 0.717) is 11.4 Å². The molecule has 23 heavy (non-hydrogen) atoms. The summed E-state index contributed by atoms with van der Waals surface area (Å²) in [6.45, 7) is 1.78. The fraction of sp³-hybridized carbons (Fsp3) is 0.176. The Morgan fingerprint density at radius 3 is 2.57 bits per heavy atom. The van der Waals surface area contributed by atoms with Crippen molar-refractivity contribution in [3.05, 3.63) is 59.9 Å². The molecule has 2 aliphatic rings. The fourth-order valence-corrected chi connectivity index (χ4v) is 4.63. The van der Waals surface area contributed by atoms with Crippen LogP contribution in [0.4, 0.5) is 15.8 Å². The van der Waals surface area contributed by atoms with Crippen LogP contribution in [-0.2, 0) is 14.5 Å². The molecule has 0 aromatic heterocycles. The molecule has 2 amide bonds. The molecule has 2 aliphatic heterocycles. The Bertz CT molecular complexity index is 824. The van der Waals surface area contributed by atoms with Crippen molar-refractivity contribution in [2.75, 3.05) is 10.2 Å². The highest BCUT2D eigenvalue weighted by molar-refractivity contribution is 8.03. The van der Waals surface area contributed by atoms with E-state index < -0.39 is 4.87 Å². The lowest BCUT2D eigenvalue weighted by molar-refractivity contribution is -0.122. The van der Waals surface area contributed by atoms with Crippen molar-refractivity contribution in [3.63, 3.8) is 0 Å². The number of benzene rings is 2. The smallest absolute Gasteiger partial charge is 0.266 e. The number of nitrogens with one attached hydrogen (secondary N) is 1. The maximum Gasteiger partial charge on any atom is 0.266 e. The van der Waals surface area contributed by atoms with Crippen LogP contribution in [-0.4, -0.2) is 17.1 Å². The monoisotopic (exact) mass is 328 g/mol. The van der Waals surface area contributed by atoms with E-state index >= 15 is 0 Å². The second-order valence-corrected chi connectivity index (χ2v) is 7.09. The average molecular weight is 328 g/mol. The Hall–Kier alpha value is -2.34. The van der Waals surface area contributed by atoms with Crippen LogP contribution in [0.3, 0.4) is 0 Å². The van der Waals surface area contributed by atoms with Gasteiger partial charge in [0.2, 0.25) is 10.8 Å². The van der Waals surface area contributed by atoms with E-state index in [2.05, 4.69) is 5.32 Å². The summed E-state index contributed by atoms with van der Waals surface area (Å²) in [4.78, 5) is 25.9. The normalized spacial score (nSPS) is 25.8. The Balaban J connectivity index is 1.94. The summed E-state index contributed by atoms with van der Waals surface area (Å²) in [5.74, 6) is -0.786. The number of anilines is 2. The van der Waals surface area contributed by atoms with Crippen LogP contribution in [0.1, 0.15) is 12.5 Å². The standard InChI is InChI=1S/C17H13FN2O2S/c1-10-15(21)20(12-8-6-11(18)7-9-12)17(23-10)13-4-2-3-5-14(13)19-16(17)22/h2-10H,1H3,(H,19,22)/t10-,17-/m1/s1. The van der Waals surface area contributed by atoms with Crippen molar-refractivity contribution in [2.24, 2.45) is 0 Å². The molecule has 4 rings (SSSR count). The number of halogens is 1. The van der Waals surface area contributed by atoms with Gasteiger partial charge in [-0.3, -0.25) is 14.5 Å². The van der Waals surface area contributed by atoms with Gasteiger partial charge < -0.3 is 5.32 Å². The minimum atomic E-state index is -1.13. The van der Waals surface area contributed by atoms with Crippen LogP contribution < -0.4 is 10.2 Å². The molecule has 6 heteroatoms. The lowest BCUT2D eigenvalue weighted by atomic mass is 10.0. The topological polar surface area (TPSA) is 49.4 Å². The molecule has 1 N–H and O–H groups in total. The van der Waals surface area contributed by atoms with E-state index in [1.165, 1.54) is 40.9 Å². The molecule has 0 aliphatic carbocycles. The molecular weight excluding hydrogens is 315 g/mol. The fourth-order valence-electron chi connectivity index (χ4n) is 3.15. The minimum Gasteiger partial charge on any atom is -0.323 e. The van der Waals surface area contributed by atoms with Gasteiger partial charge in [-0.25, -0.2) is 4.39 Å². The number of carbonyl (C=O) groups is 2. The molecule has 4 nitrogen and oxygen atoms in total. The highest BCUT2D eigenvalue weighted by Gasteiger charge is 2.60. The average Bonchev–Trinajstić information content (AvgIpc) is 2.97. The molecule has 1 spiro atoms. The molecule has 0 radical (unpaired) electrons. The Morgan fingerprint density at radius 1 is 1.13 bits per heavy atom. The van der Waals surface area contributed by atoms with Gasteiger partial charge in [0.25, 0.3) is 5.91 Å². The number of thioether (sulfide) groups is 1. The van der Waals surface area contributed by atoms with Crippen molar-refractivity contribution in [1.29, 1.82) is 0 Å². The van der Waals surface area contributed by atoms with Gasteiger partial charge in [0.15, 0.2) is 0 Å². The first-order valence-electron chi connectivity index (χ1n) is 7.22. The molecule has 2 aromatic carbocycles. The summed E-state index contributed by atoms with van der Waals surface area (Å²) >= 11 is 1.31. The van der Waals surface area contributed by atoms with Crippen molar-refractivity contribution < 1.29 is 14.0 Å². The number of nitrogens with zero attached hydrogens (tertiary/aromatic N) is 1. The molecule has 2 atom stereocenters. The summed E-state index contributed by atoms with van der Waals surface area (Å²) in [7, 11) is 0. The van der Waals surface area contributed by atoms with E-state index in [1.807, 2.05) is 24.3 Å². The molecular formula is C17H13FN2O2S. The zero-order valence-corrected chi connectivity index (χ0v) is 13.1. The number of hydrogen-bond donors (Lipinski definition) is 1. The van der Waals surface area contributed by atoms with Gasteiger partial charge in [0.05, 0.1) is 5.25 Å². The van der Waals surface area contributed by atoms with Crippen LogP contribution in [0.2, 0.25) is 0 Å².